The van der Waals surface area contributed by atoms with Gasteiger partial charge in [0.05, 0.1) is 22.1 Å². The number of hydrazone groups is 1. The third kappa shape index (κ3) is 4.01. The van der Waals surface area contributed by atoms with Crippen LogP contribution in [-0.4, -0.2) is 22.1 Å². The average Bonchev–Trinajstić information content (AvgIpc) is 3.25. The Bertz CT molecular complexity index is 1390. The molecule has 0 aliphatic heterocycles. The quantitative estimate of drug-likeness (QED) is 0.217. The van der Waals surface area contributed by atoms with Crippen molar-refractivity contribution in [2.45, 2.75) is 0 Å². The summed E-state index contributed by atoms with van der Waals surface area (Å²) in [5.74, 6) is 0.717. The fourth-order valence-corrected chi connectivity index (χ4v) is 4.21. The van der Waals surface area contributed by atoms with Gasteiger partial charge in [-0.05, 0) is 41.1 Å². The van der Waals surface area contributed by atoms with Crippen molar-refractivity contribution >= 4 is 50.1 Å². The predicted octanol–water partition coefficient (Wildman–Crippen LogP) is 5.86. The largest absolute Gasteiger partial charge is 0.507 e. The minimum absolute atomic E-state index is 0.172. The molecule has 0 radical (unpaired) electrons. The van der Waals surface area contributed by atoms with Crippen molar-refractivity contribution in [3.63, 3.8) is 0 Å². The summed E-state index contributed by atoms with van der Waals surface area (Å²) in [4.78, 5) is 9.42. The van der Waals surface area contributed by atoms with Gasteiger partial charge >= 0.3 is 0 Å². The second-order valence-electron chi connectivity index (χ2n) is 6.87. The molecule has 0 saturated heterocycles. The highest BCUT2D eigenvalue weighted by atomic mass is 32.1. The van der Waals surface area contributed by atoms with Gasteiger partial charge in [-0.15, -0.1) is 11.3 Å². The number of thiazole rings is 1. The van der Waals surface area contributed by atoms with E-state index in [-0.39, 0.29) is 5.75 Å². The van der Waals surface area contributed by atoms with E-state index in [1.807, 2.05) is 84.9 Å². The summed E-state index contributed by atoms with van der Waals surface area (Å²) < 4.78 is 1.08. The number of amidine groups is 1. The third-order valence-corrected chi connectivity index (χ3v) is 5.85. The van der Waals surface area contributed by atoms with Gasteiger partial charge in [0.15, 0.2) is 10.8 Å². The number of hydrogen-bond donors (Lipinski definition) is 2. The number of nitrogens with one attached hydrogen (secondary N) is 1. The minimum atomic E-state index is 0.172. The molecule has 5 aromatic rings. The lowest BCUT2D eigenvalue weighted by atomic mass is 10.0. The molecular weight excluding hydrogens is 404 g/mol. The fraction of sp³-hybridized carbons (Fsp3) is 0. The first-order chi connectivity index (χ1) is 15.3. The van der Waals surface area contributed by atoms with Crippen molar-refractivity contribution in [2.24, 2.45) is 10.1 Å². The van der Waals surface area contributed by atoms with Crippen molar-refractivity contribution in [1.29, 1.82) is 0 Å². The van der Waals surface area contributed by atoms with Crippen LogP contribution >= 0.6 is 11.3 Å². The van der Waals surface area contributed by atoms with Crippen LogP contribution in [0.4, 0.5) is 5.69 Å². The Kier molecular flexibility index (Phi) is 5.12. The van der Waals surface area contributed by atoms with Crippen LogP contribution in [0.5, 0.6) is 5.75 Å². The number of nitrogens with zero attached hydrogens (tertiary/aromatic N) is 3. The Hall–Kier alpha value is -4.03. The Morgan fingerprint density at radius 2 is 1.65 bits per heavy atom. The zero-order valence-corrected chi connectivity index (χ0v) is 17.3. The van der Waals surface area contributed by atoms with Crippen LogP contribution in [0.25, 0.3) is 21.0 Å². The molecule has 2 N–H and O–H groups in total. The normalized spacial score (nSPS) is 12.1. The van der Waals surface area contributed by atoms with E-state index in [1.54, 1.807) is 23.6 Å². The second kappa shape index (κ2) is 8.38. The lowest BCUT2D eigenvalue weighted by molar-refractivity contribution is 0.475. The van der Waals surface area contributed by atoms with Crippen LogP contribution in [-0.2, 0) is 0 Å². The standard InChI is InChI=1S/C25H18N4OS/c30-22-15-14-17-8-4-5-11-19(17)20(22)16-26-29-24(27-18-9-2-1-3-10-18)25-28-21-12-6-7-13-23(21)31-25/h1-16,30H,(H,27,29). The highest BCUT2D eigenvalue weighted by Crippen LogP contribution is 2.26. The first kappa shape index (κ1) is 19.0. The van der Waals surface area contributed by atoms with Crippen LogP contribution < -0.4 is 5.43 Å². The number of benzene rings is 4. The number of aliphatic imine (C=N–C) groups is 1. The number of hydrogen-bond acceptors (Lipinski definition) is 5. The number of phenols is 1. The molecule has 0 aliphatic rings. The molecule has 150 valence electrons. The molecule has 0 unspecified atom stereocenters. The molecule has 31 heavy (non-hydrogen) atoms. The van der Waals surface area contributed by atoms with Gasteiger partial charge in [-0.3, -0.25) is 5.43 Å². The van der Waals surface area contributed by atoms with Crippen molar-refractivity contribution in [3.8, 4) is 5.75 Å². The van der Waals surface area contributed by atoms with Gasteiger partial charge in [0, 0.05) is 5.56 Å². The van der Waals surface area contributed by atoms with Crippen molar-refractivity contribution in [2.75, 3.05) is 0 Å². The molecule has 0 fully saturated rings. The summed E-state index contributed by atoms with van der Waals surface area (Å²) >= 11 is 1.55. The maximum absolute atomic E-state index is 10.4. The number of fused-ring (bicyclic) bond motifs is 2. The summed E-state index contributed by atoms with van der Waals surface area (Å²) in [6.45, 7) is 0. The second-order valence-corrected chi connectivity index (χ2v) is 7.90. The molecule has 4 aromatic carbocycles. The third-order valence-electron chi connectivity index (χ3n) is 4.81. The van der Waals surface area contributed by atoms with Crippen molar-refractivity contribution < 1.29 is 5.11 Å². The Morgan fingerprint density at radius 1 is 0.871 bits per heavy atom. The Labute approximate surface area is 183 Å². The molecule has 1 heterocycles. The first-order valence-corrected chi connectivity index (χ1v) is 10.6. The zero-order valence-electron chi connectivity index (χ0n) is 16.4. The monoisotopic (exact) mass is 422 g/mol. The predicted molar refractivity (Wildman–Crippen MR) is 129 cm³/mol. The summed E-state index contributed by atoms with van der Waals surface area (Å²) in [6, 6.07) is 29.1. The molecule has 5 rings (SSSR count). The van der Waals surface area contributed by atoms with Gasteiger partial charge in [-0.25, -0.2) is 9.98 Å². The summed E-state index contributed by atoms with van der Waals surface area (Å²) in [7, 11) is 0. The fourth-order valence-electron chi connectivity index (χ4n) is 3.30. The smallest absolute Gasteiger partial charge is 0.183 e. The highest BCUT2D eigenvalue weighted by molar-refractivity contribution is 7.20. The summed E-state index contributed by atoms with van der Waals surface area (Å²) in [6.07, 6.45) is 1.62. The average molecular weight is 423 g/mol. The lowest BCUT2D eigenvalue weighted by Gasteiger charge is -2.06. The van der Waals surface area contributed by atoms with E-state index in [0.29, 0.717) is 11.4 Å². The van der Waals surface area contributed by atoms with E-state index in [0.717, 1.165) is 31.7 Å². The van der Waals surface area contributed by atoms with Crippen LogP contribution in [0, 0.1) is 0 Å². The molecule has 0 amide bonds. The zero-order chi connectivity index (χ0) is 21.0. The van der Waals surface area contributed by atoms with Crippen LogP contribution in [0.2, 0.25) is 0 Å². The Balaban J connectivity index is 1.52. The molecule has 6 heteroatoms. The SMILES string of the molecule is Oc1ccc2ccccc2c1C=NNC(=Nc1ccccc1)c1nc2ccccc2s1. The van der Waals surface area contributed by atoms with Gasteiger partial charge in [-0.1, -0.05) is 60.7 Å². The van der Waals surface area contributed by atoms with Gasteiger partial charge in [0.2, 0.25) is 0 Å². The summed E-state index contributed by atoms with van der Waals surface area (Å²) in [5.41, 5.74) is 5.41. The van der Waals surface area contributed by atoms with Gasteiger partial charge in [0.1, 0.15) is 5.75 Å². The van der Waals surface area contributed by atoms with Gasteiger partial charge in [-0.2, -0.15) is 5.10 Å². The van der Waals surface area contributed by atoms with Crippen molar-refractivity contribution in [3.05, 3.63) is 102 Å². The highest BCUT2D eigenvalue weighted by Gasteiger charge is 2.11. The van der Waals surface area contributed by atoms with E-state index < -0.39 is 0 Å². The maximum Gasteiger partial charge on any atom is 0.183 e. The minimum Gasteiger partial charge on any atom is -0.507 e. The first-order valence-electron chi connectivity index (χ1n) is 9.77. The number of phenolic OH excluding ortho intramolecular Hbond substituents is 1. The number of rotatable bonds is 4. The molecule has 0 aliphatic carbocycles. The Morgan fingerprint density at radius 3 is 2.52 bits per heavy atom. The topological polar surface area (TPSA) is 69.9 Å². The van der Waals surface area contributed by atoms with Gasteiger partial charge in [0.25, 0.3) is 0 Å². The van der Waals surface area contributed by atoms with E-state index in [9.17, 15) is 5.11 Å². The van der Waals surface area contributed by atoms with Crippen LogP contribution in [0.15, 0.2) is 101 Å². The molecular formula is C25H18N4OS. The van der Waals surface area contributed by atoms with Crippen LogP contribution in [0.3, 0.4) is 0 Å². The number of aromatic nitrogens is 1. The molecule has 0 spiro atoms. The van der Waals surface area contributed by atoms with Gasteiger partial charge < -0.3 is 5.11 Å². The number of aromatic hydroxyl groups is 1. The van der Waals surface area contributed by atoms with Crippen LogP contribution in [0.1, 0.15) is 10.6 Å². The maximum atomic E-state index is 10.4. The van der Waals surface area contributed by atoms with E-state index in [2.05, 4.69) is 10.5 Å². The molecule has 5 nitrogen and oxygen atoms in total. The molecule has 0 bridgehead atoms. The number of para-hydroxylation sites is 2. The van der Waals surface area contributed by atoms with E-state index in [1.165, 1.54) is 0 Å². The van der Waals surface area contributed by atoms with E-state index in [4.69, 9.17) is 9.98 Å². The summed E-state index contributed by atoms with van der Waals surface area (Å²) in [5, 5.41) is 17.5. The van der Waals surface area contributed by atoms with E-state index >= 15 is 0 Å². The van der Waals surface area contributed by atoms with Crippen molar-refractivity contribution in [1.82, 2.24) is 10.4 Å². The molecule has 0 saturated carbocycles. The molecule has 0 atom stereocenters. The lowest BCUT2D eigenvalue weighted by Crippen LogP contribution is -2.18. The molecule has 1 aromatic heterocycles.